The van der Waals surface area contributed by atoms with Crippen molar-refractivity contribution in [3.63, 3.8) is 0 Å². The van der Waals surface area contributed by atoms with Gasteiger partial charge in [-0.15, -0.1) is 0 Å². The smallest absolute Gasteiger partial charge is 0.222 e. The van der Waals surface area contributed by atoms with Crippen LogP contribution < -0.4 is 0 Å². The van der Waals surface area contributed by atoms with Crippen molar-refractivity contribution in [1.82, 2.24) is 0 Å². The second kappa shape index (κ2) is 10.0. The van der Waals surface area contributed by atoms with Gasteiger partial charge in [-0.25, -0.2) is 20.4 Å². The summed E-state index contributed by atoms with van der Waals surface area (Å²) in [4.78, 5) is 16.7. The molecule has 0 bridgehead atoms. The lowest BCUT2D eigenvalue weighted by atomic mass is 9.78. The number of fused-ring (bicyclic) bond motifs is 1. The van der Waals surface area contributed by atoms with Crippen LogP contribution in [0.5, 0.6) is 0 Å². The highest BCUT2D eigenvalue weighted by atomic mass is 16.1. The number of carbonyl (C=O) groups excluding carboxylic acids is 2. The number of hydrogen-bond donors (Lipinski definition) is 2. The zero-order valence-electron chi connectivity index (χ0n) is 9.42. The number of allylic oxidation sites excluding steroid dienone is 2. The van der Waals surface area contributed by atoms with E-state index in [2.05, 4.69) is 6.08 Å². The molecule has 2 aliphatic carbocycles. The van der Waals surface area contributed by atoms with Crippen molar-refractivity contribution < 1.29 is 9.59 Å². The maximum Gasteiger partial charge on any atom is 0.231 e. The maximum atomic E-state index is 8.35. The molecular weight excluding hydrogens is 204 g/mol. The minimum absolute atomic E-state index is 0.750. The molecule has 0 aromatic carbocycles. The first-order chi connectivity index (χ1) is 7.79. The molecule has 0 amide bonds. The normalized spacial score (nSPS) is 21.5. The molecule has 2 rings (SSSR count). The minimum atomic E-state index is 0.750. The molecule has 2 N–H and O–H groups in total. The highest BCUT2D eigenvalue weighted by molar-refractivity contribution is 5.26. The number of isocyanates is 2. The van der Waals surface area contributed by atoms with Gasteiger partial charge >= 0.3 is 0 Å². The standard InChI is InChI=1S/C10H16.2CHNO/c1-2-6-10-8-4-3-7-9(10)5-1;2*2-1-3/h5,10H,1-4,6-8H2;2*2H. The van der Waals surface area contributed by atoms with E-state index < -0.39 is 0 Å². The second-order valence-corrected chi connectivity index (χ2v) is 3.86. The van der Waals surface area contributed by atoms with Crippen LogP contribution in [-0.2, 0) is 9.59 Å². The van der Waals surface area contributed by atoms with Crippen LogP contribution >= 0.6 is 0 Å². The summed E-state index contributed by atoms with van der Waals surface area (Å²) in [5.41, 5.74) is 1.80. The predicted molar refractivity (Wildman–Crippen MR) is 60.7 cm³/mol. The van der Waals surface area contributed by atoms with Crippen molar-refractivity contribution in [2.75, 3.05) is 0 Å². The van der Waals surface area contributed by atoms with Gasteiger partial charge in [-0.1, -0.05) is 18.1 Å². The molecule has 0 heterocycles. The summed E-state index contributed by atoms with van der Waals surface area (Å²) in [5.74, 6) is 1.02. The van der Waals surface area contributed by atoms with Crippen LogP contribution in [0, 0.1) is 16.7 Å². The Bertz CT molecular complexity index is 273. The molecule has 1 unspecified atom stereocenters. The molecule has 0 aliphatic heterocycles. The van der Waals surface area contributed by atoms with E-state index in [0.717, 1.165) is 18.1 Å². The molecule has 0 spiro atoms. The van der Waals surface area contributed by atoms with Gasteiger partial charge in [0.2, 0.25) is 12.2 Å². The van der Waals surface area contributed by atoms with E-state index in [9.17, 15) is 0 Å². The molecular formula is C12H18N2O2. The lowest BCUT2D eigenvalue weighted by Gasteiger charge is -2.28. The zero-order valence-corrected chi connectivity index (χ0v) is 9.42. The molecule has 2 aliphatic rings. The first-order valence-corrected chi connectivity index (χ1v) is 5.56. The van der Waals surface area contributed by atoms with E-state index >= 15 is 0 Å². The topological polar surface area (TPSA) is 81.8 Å². The third-order valence-electron chi connectivity index (χ3n) is 2.96. The van der Waals surface area contributed by atoms with Crippen molar-refractivity contribution in [2.45, 2.75) is 44.9 Å². The molecule has 0 aromatic rings. The molecule has 0 radical (unpaired) electrons. The van der Waals surface area contributed by atoms with Crippen LogP contribution in [0.1, 0.15) is 44.9 Å². The summed E-state index contributed by atoms with van der Waals surface area (Å²) in [6.45, 7) is 0. The Balaban J connectivity index is 0.000000321. The van der Waals surface area contributed by atoms with E-state index in [1.165, 1.54) is 44.9 Å². The summed E-state index contributed by atoms with van der Waals surface area (Å²) in [5, 5.41) is 10.8. The monoisotopic (exact) mass is 222 g/mol. The Kier molecular flexibility index (Phi) is 9.09. The van der Waals surface area contributed by atoms with Crippen LogP contribution in [0.15, 0.2) is 11.6 Å². The Morgan fingerprint density at radius 1 is 1.06 bits per heavy atom. The highest BCUT2D eigenvalue weighted by Crippen LogP contribution is 2.36. The van der Waals surface area contributed by atoms with Gasteiger partial charge in [-0.05, 0) is 44.4 Å². The fourth-order valence-corrected chi connectivity index (χ4v) is 2.36. The third-order valence-corrected chi connectivity index (χ3v) is 2.96. The molecule has 0 aromatic heterocycles. The molecule has 4 nitrogen and oxygen atoms in total. The number of nitrogens with one attached hydrogen (secondary N) is 2. The fraction of sp³-hybridized carbons (Fsp3) is 0.667. The Morgan fingerprint density at radius 3 is 2.19 bits per heavy atom. The fourth-order valence-electron chi connectivity index (χ4n) is 2.36. The molecule has 88 valence electrons. The Morgan fingerprint density at radius 2 is 1.62 bits per heavy atom. The van der Waals surface area contributed by atoms with E-state index in [4.69, 9.17) is 20.4 Å². The van der Waals surface area contributed by atoms with Crippen molar-refractivity contribution in [3.8, 4) is 0 Å². The van der Waals surface area contributed by atoms with E-state index in [0.29, 0.717) is 0 Å². The van der Waals surface area contributed by atoms with Gasteiger partial charge in [-0.2, -0.15) is 0 Å². The SMILES string of the molecule is C1=C2CCCCC2CCC1.N=C=O.N=C=O. The molecule has 0 saturated heterocycles. The summed E-state index contributed by atoms with van der Waals surface area (Å²) >= 11 is 0. The molecule has 1 fully saturated rings. The predicted octanol–water partition coefficient (Wildman–Crippen LogP) is 3.09. The van der Waals surface area contributed by atoms with Gasteiger partial charge in [0.15, 0.2) is 0 Å². The molecule has 1 atom stereocenters. The van der Waals surface area contributed by atoms with E-state index in [-0.39, 0.29) is 0 Å². The lowest BCUT2D eigenvalue weighted by molar-refractivity contribution is 0.402. The molecule has 16 heavy (non-hydrogen) atoms. The van der Waals surface area contributed by atoms with Crippen LogP contribution in [0.25, 0.3) is 0 Å². The molecule has 4 heteroatoms. The van der Waals surface area contributed by atoms with E-state index in [1.54, 1.807) is 5.57 Å². The van der Waals surface area contributed by atoms with Gasteiger partial charge in [0.05, 0.1) is 0 Å². The van der Waals surface area contributed by atoms with Crippen molar-refractivity contribution in [2.24, 2.45) is 5.92 Å². The van der Waals surface area contributed by atoms with Crippen LogP contribution in [0.4, 0.5) is 0 Å². The van der Waals surface area contributed by atoms with Gasteiger partial charge in [0, 0.05) is 0 Å². The average Bonchev–Trinajstić information content (AvgIpc) is 2.31. The zero-order chi connectivity index (χ0) is 12.2. The second-order valence-electron chi connectivity index (χ2n) is 3.86. The first kappa shape index (κ1) is 14.5. The summed E-state index contributed by atoms with van der Waals surface area (Å²) in [6.07, 6.45) is 14.2. The quantitative estimate of drug-likeness (QED) is 0.375. The Labute approximate surface area is 95.8 Å². The Hall–Kier alpha value is -1.50. The first-order valence-electron chi connectivity index (χ1n) is 5.56. The summed E-state index contributed by atoms with van der Waals surface area (Å²) < 4.78 is 0. The third kappa shape index (κ3) is 6.07. The maximum absolute atomic E-state index is 8.35. The van der Waals surface area contributed by atoms with E-state index in [1.807, 2.05) is 0 Å². The van der Waals surface area contributed by atoms with Crippen LogP contribution in [0.2, 0.25) is 0 Å². The van der Waals surface area contributed by atoms with Gasteiger partial charge in [0.25, 0.3) is 0 Å². The van der Waals surface area contributed by atoms with Crippen molar-refractivity contribution in [3.05, 3.63) is 11.6 Å². The van der Waals surface area contributed by atoms with Gasteiger partial charge in [-0.3, -0.25) is 0 Å². The number of rotatable bonds is 0. The average molecular weight is 222 g/mol. The largest absolute Gasteiger partial charge is 0.231 e. The van der Waals surface area contributed by atoms with Crippen molar-refractivity contribution >= 4 is 12.2 Å². The minimum Gasteiger partial charge on any atom is -0.222 e. The van der Waals surface area contributed by atoms with Crippen molar-refractivity contribution in [1.29, 1.82) is 10.8 Å². The molecule has 1 saturated carbocycles. The highest BCUT2D eigenvalue weighted by Gasteiger charge is 2.20. The van der Waals surface area contributed by atoms with Gasteiger partial charge in [0.1, 0.15) is 0 Å². The van der Waals surface area contributed by atoms with Gasteiger partial charge < -0.3 is 0 Å². The summed E-state index contributed by atoms with van der Waals surface area (Å²) in [6, 6.07) is 0. The van der Waals surface area contributed by atoms with Crippen LogP contribution in [0.3, 0.4) is 0 Å². The summed E-state index contributed by atoms with van der Waals surface area (Å²) in [7, 11) is 0. The van der Waals surface area contributed by atoms with Crippen LogP contribution in [-0.4, -0.2) is 12.2 Å². The number of hydrogen-bond acceptors (Lipinski definition) is 4. The lowest BCUT2D eigenvalue weighted by Crippen LogP contribution is -2.12.